The molecule has 1 amide bonds. The number of nitrogens with zero attached hydrogens (tertiary/aromatic N) is 1. The van der Waals surface area contributed by atoms with E-state index in [1.807, 2.05) is 25.1 Å². The number of esters is 1. The van der Waals surface area contributed by atoms with Crippen LogP contribution in [0.5, 0.6) is 0 Å². The molecular weight excluding hydrogens is 346 g/mol. The number of anilines is 1. The van der Waals surface area contributed by atoms with Crippen LogP contribution in [0.2, 0.25) is 0 Å². The van der Waals surface area contributed by atoms with E-state index in [9.17, 15) is 9.59 Å². The SMILES string of the molecule is COC(=O)c1ccsc1NC(=O)CSc1nc2ccc(C)cc2[nH]1. The summed E-state index contributed by atoms with van der Waals surface area (Å²) >= 11 is 2.59. The molecule has 1 aromatic carbocycles. The first kappa shape index (κ1) is 16.5. The minimum atomic E-state index is -0.466. The van der Waals surface area contributed by atoms with Gasteiger partial charge in [0.1, 0.15) is 5.00 Å². The fourth-order valence-corrected chi connectivity index (χ4v) is 3.62. The fourth-order valence-electron chi connectivity index (χ4n) is 2.14. The number of amides is 1. The molecule has 0 bridgehead atoms. The highest BCUT2D eigenvalue weighted by Crippen LogP contribution is 2.25. The number of fused-ring (bicyclic) bond motifs is 1. The van der Waals surface area contributed by atoms with Crippen molar-refractivity contribution in [1.82, 2.24) is 9.97 Å². The number of methoxy groups -OCH3 is 1. The molecule has 3 aromatic rings. The first-order valence-electron chi connectivity index (χ1n) is 7.11. The van der Waals surface area contributed by atoms with Crippen LogP contribution in [-0.2, 0) is 9.53 Å². The van der Waals surface area contributed by atoms with Crippen LogP contribution in [0.25, 0.3) is 11.0 Å². The van der Waals surface area contributed by atoms with Crippen molar-refractivity contribution in [2.75, 3.05) is 18.2 Å². The Kier molecular flexibility index (Phi) is 4.86. The summed E-state index contributed by atoms with van der Waals surface area (Å²) in [6.07, 6.45) is 0. The molecule has 0 atom stereocenters. The van der Waals surface area contributed by atoms with Crippen molar-refractivity contribution in [3.8, 4) is 0 Å². The predicted molar refractivity (Wildman–Crippen MR) is 95.8 cm³/mol. The van der Waals surface area contributed by atoms with E-state index in [0.29, 0.717) is 15.7 Å². The van der Waals surface area contributed by atoms with Gasteiger partial charge in [-0.3, -0.25) is 4.79 Å². The van der Waals surface area contributed by atoms with Gasteiger partial charge >= 0.3 is 5.97 Å². The van der Waals surface area contributed by atoms with Crippen molar-refractivity contribution in [1.29, 1.82) is 0 Å². The van der Waals surface area contributed by atoms with Gasteiger partial charge in [-0.05, 0) is 36.1 Å². The van der Waals surface area contributed by atoms with E-state index in [0.717, 1.165) is 16.6 Å². The number of hydrogen-bond donors (Lipinski definition) is 2. The van der Waals surface area contributed by atoms with E-state index in [-0.39, 0.29) is 11.7 Å². The van der Waals surface area contributed by atoms with Crippen LogP contribution in [0.15, 0.2) is 34.8 Å². The topological polar surface area (TPSA) is 84.1 Å². The van der Waals surface area contributed by atoms with Gasteiger partial charge in [-0.25, -0.2) is 9.78 Å². The lowest BCUT2D eigenvalue weighted by atomic mass is 10.2. The quantitative estimate of drug-likeness (QED) is 0.537. The number of thiophene rings is 1. The Balaban J connectivity index is 1.63. The number of carbonyl (C=O) groups is 2. The Morgan fingerprint density at radius 1 is 1.38 bits per heavy atom. The summed E-state index contributed by atoms with van der Waals surface area (Å²) in [6, 6.07) is 7.58. The fraction of sp³-hybridized carbons (Fsp3) is 0.188. The molecule has 24 heavy (non-hydrogen) atoms. The first-order chi connectivity index (χ1) is 11.6. The Hall–Kier alpha value is -2.32. The Labute approximate surface area is 146 Å². The van der Waals surface area contributed by atoms with E-state index in [4.69, 9.17) is 0 Å². The second-order valence-corrected chi connectivity index (χ2v) is 6.93. The molecule has 0 aliphatic carbocycles. The summed E-state index contributed by atoms with van der Waals surface area (Å²) in [7, 11) is 1.31. The lowest BCUT2D eigenvalue weighted by Gasteiger charge is -2.04. The maximum Gasteiger partial charge on any atom is 0.340 e. The number of hydrogen-bond acceptors (Lipinski definition) is 6. The number of nitrogens with one attached hydrogen (secondary N) is 2. The first-order valence-corrected chi connectivity index (χ1v) is 8.98. The van der Waals surface area contributed by atoms with Crippen LogP contribution in [0, 0.1) is 6.92 Å². The number of aromatic nitrogens is 2. The minimum Gasteiger partial charge on any atom is -0.465 e. The Morgan fingerprint density at radius 2 is 2.21 bits per heavy atom. The highest BCUT2D eigenvalue weighted by molar-refractivity contribution is 7.99. The number of imidazole rings is 1. The molecule has 0 fully saturated rings. The summed E-state index contributed by atoms with van der Waals surface area (Å²) in [4.78, 5) is 31.3. The van der Waals surface area contributed by atoms with Crippen molar-refractivity contribution in [3.63, 3.8) is 0 Å². The van der Waals surface area contributed by atoms with Gasteiger partial charge in [0, 0.05) is 0 Å². The van der Waals surface area contributed by atoms with E-state index in [1.165, 1.54) is 30.2 Å². The highest BCUT2D eigenvalue weighted by atomic mass is 32.2. The van der Waals surface area contributed by atoms with E-state index >= 15 is 0 Å². The number of benzene rings is 1. The van der Waals surface area contributed by atoms with Crippen LogP contribution < -0.4 is 5.32 Å². The molecule has 0 unspecified atom stereocenters. The third-order valence-electron chi connectivity index (χ3n) is 3.28. The molecule has 2 heterocycles. The van der Waals surface area contributed by atoms with Crippen LogP contribution in [0.3, 0.4) is 0 Å². The number of rotatable bonds is 5. The predicted octanol–water partition coefficient (Wildman–Crippen LogP) is 3.45. The van der Waals surface area contributed by atoms with Gasteiger partial charge in [0.05, 0.1) is 29.5 Å². The molecule has 0 aliphatic rings. The third-order valence-corrected chi connectivity index (χ3v) is 4.98. The molecule has 2 aromatic heterocycles. The summed E-state index contributed by atoms with van der Waals surface area (Å²) in [5, 5.41) is 5.65. The van der Waals surface area contributed by atoms with Crippen molar-refractivity contribution >= 4 is 51.0 Å². The second-order valence-electron chi connectivity index (χ2n) is 5.05. The number of H-pyrrole nitrogens is 1. The Bertz CT molecular complexity index is 901. The van der Waals surface area contributed by atoms with E-state index in [1.54, 1.807) is 11.4 Å². The number of aromatic amines is 1. The van der Waals surface area contributed by atoms with E-state index < -0.39 is 5.97 Å². The van der Waals surface area contributed by atoms with Crippen molar-refractivity contribution in [3.05, 3.63) is 40.8 Å². The van der Waals surface area contributed by atoms with Gasteiger partial charge in [-0.1, -0.05) is 17.8 Å². The second kappa shape index (κ2) is 7.06. The van der Waals surface area contributed by atoms with Crippen LogP contribution in [0.4, 0.5) is 5.00 Å². The van der Waals surface area contributed by atoms with Gasteiger partial charge in [0.2, 0.25) is 5.91 Å². The smallest absolute Gasteiger partial charge is 0.340 e. The largest absolute Gasteiger partial charge is 0.465 e. The molecule has 0 spiro atoms. The zero-order valence-electron chi connectivity index (χ0n) is 13.1. The van der Waals surface area contributed by atoms with E-state index in [2.05, 4.69) is 20.0 Å². The molecule has 0 saturated heterocycles. The zero-order chi connectivity index (χ0) is 17.1. The normalized spacial score (nSPS) is 10.8. The van der Waals surface area contributed by atoms with Crippen molar-refractivity contribution in [2.45, 2.75) is 12.1 Å². The number of ether oxygens (including phenoxy) is 1. The van der Waals surface area contributed by atoms with Crippen LogP contribution in [-0.4, -0.2) is 34.7 Å². The molecule has 0 saturated carbocycles. The van der Waals surface area contributed by atoms with Gasteiger partial charge in [0.25, 0.3) is 0 Å². The maximum atomic E-state index is 12.1. The average Bonchev–Trinajstić information content (AvgIpc) is 3.18. The lowest BCUT2D eigenvalue weighted by Crippen LogP contribution is -2.15. The number of thioether (sulfide) groups is 1. The van der Waals surface area contributed by atoms with Crippen LogP contribution in [0.1, 0.15) is 15.9 Å². The molecular formula is C16H15N3O3S2. The molecule has 0 aliphatic heterocycles. The molecule has 6 nitrogen and oxygen atoms in total. The molecule has 124 valence electrons. The monoisotopic (exact) mass is 361 g/mol. The number of carbonyl (C=O) groups excluding carboxylic acids is 2. The summed E-state index contributed by atoms with van der Waals surface area (Å²) in [6.45, 7) is 2.01. The van der Waals surface area contributed by atoms with Crippen LogP contribution >= 0.6 is 23.1 Å². The van der Waals surface area contributed by atoms with Gasteiger partial charge in [0.15, 0.2) is 5.16 Å². The molecule has 3 rings (SSSR count). The highest BCUT2D eigenvalue weighted by Gasteiger charge is 2.15. The zero-order valence-corrected chi connectivity index (χ0v) is 14.7. The summed E-state index contributed by atoms with van der Waals surface area (Å²) in [5.41, 5.74) is 3.33. The molecule has 8 heteroatoms. The molecule has 0 radical (unpaired) electrons. The van der Waals surface area contributed by atoms with Crippen molar-refractivity contribution < 1.29 is 14.3 Å². The lowest BCUT2D eigenvalue weighted by molar-refractivity contribution is -0.113. The van der Waals surface area contributed by atoms with Gasteiger partial charge in [-0.15, -0.1) is 11.3 Å². The minimum absolute atomic E-state index is 0.192. The summed E-state index contributed by atoms with van der Waals surface area (Å²) in [5.74, 6) is -0.478. The molecule has 2 N–H and O–H groups in total. The number of aryl methyl sites for hydroxylation is 1. The maximum absolute atomic E-state index is 12.1. The standard InChI is InChI=1S/C16H15N3O3S2/c1-9-3-4-11-12(7-9)18-16(17-11)24-8-13(20)19-14-10(5-6-23-14)15(21)22-2/h3-7H,8H2,1-2H3,(H,17,18)(H,19,20). The Morgan fingerprint density at radius 3 is 3.00 bits per heavy atom. The third kappa shape index (κ3) is 3.60. The van der Waals surface area contributed by atoms with Gasteiger partial charge < -0.3 is 15.0 Å². The summed E-state index contributed by atoms with van der Waals surface area (Å²) < 4.78 is 4.69. The van der Waals surface area contributed by atoms with Gasteiger partial charge in [-0.2, -0.15) is 0 Å². The van der Waals surface area contributed by atoms with Crippen molar-refractivity contribution in [2.24, 2.45) is 0 Å². The average molecular weight is 361 g/mol.